The standard InChI is InChI=1S/C10H14ClN3O3S/c1-5-8(11)3-7(4-9(5)12)18(16,17)14-6(2)10(13)15/h3-4,6,14H,12H2,1-2H3,(H2,13,15). The van der Waals surface area contributed by atoms with Gasteiger partial charge in [0.25, 0.3) is 0 Å². The topological polar surface area (TPSA) is 115 Å². The number of carbonyl (C=O) groups excluding carboxylic acids is 1. The Kier molecular flexibility index (Phi) is 4.20. The summed E-state index contributed by atoms with van der Waals surface area (Å²) in [6.45, 7) is 3.02. The number of halogens is 1. The lowest BCUT2D eigenvalue weighted by Gasteiger charge is -2.12. The molecule has 0 spiro atoms. The van der Waals surface area contributed by atoms with Gasteiger partial charge in [-0.1, -0.05) is 11.6 Å². The highest BCUT2D eigenvalue weighted by molar-refractivity contribution is 7.89. The van der Waals surface area contributed by atoms with Gasteiger partial charge in [0.2, 0.25) is 15.9 Å². The highest BCUT2D eigenvalue weighted by Gasteiger charge is 2.21. The molecule has 0 radical (unpaired) electrons. The minimum atomic E-state index is -3.88. The van der Waals surface area contributed by atoms with E-state index in [0.29, 0.717) is 5.56 Å². The van der Waals surface area contributed by atoms with Crippen molar-refractivity contribution >= 4 is 33.2 Å². The SMILES string of the molecule is Cc1c(N)cc(S(=O)(=O)NC(C)C(N)=O)cc1Cl. The van der Waals surface area contributed by atoms with E-state index in [1.807, 2.05) is 0 Å². The molecule has 1 rings (SSSR count). The third-order valence-electron chi connectivity index (χ3n) is 2.43. The van der Waals surface area contributed by atoms with Gasteiger partial charge in [0.15, 0.2) is 0 Å². The Labute approximate surface area is 110 Å². The molecule has 0 fully saturated rings. The van der Waals surface area contributed by atoms with Gasteiger partial charge in [-0.15, -0.1) is 0 Å². The van der Waals surface area contributed by atoms with Crippen LogP contribution in [-0.4, -0.2) is 20.4 Å². The van der Waals surface area contributed by atoms with Gasteiger partial charge in [0.05, 0.1) is 10.9 Å². The number of primary amides is 1. The van der Waals surface area contributed by atoms with Gasteiger partial charge < -0.3 is 11.5 Å². The van der Waals surface area contributed by atoms with Gasteiger partial charge in [0.1, 0.15) is 0 Å². The van der Waals surface area contributed by atoms with Crippen molar-refractivity contribution in [1.82, 2.24) is 4.72 Å². The van der Waals surface area contributed by atoms with Crippen LogP contribution in [-0.2, 0) is 14.8 Å². The van der Waals surface area contributed by atoms with Crippen molar-refractivity contribution in [3.63, 3.8) is 0 Å². The van der Waals surface area contributed by atoms with Crippen molar-refractivity contribution in [2.75, 3.05) is 5.73 Å². The minimum absolute atomic E-state index is 0.108. The maximum Gasteiger partial charge on any atom is 0.241 e. The summed E-state index contributed by atoms with van der Waals surface area (Å²) in [7, 11) is -3.88. The summed E-state index contributed by atoms with van der Waals surface area (Å²) >= 11 is 5.86. The van der Waals surface area contributed by atoms with E-state index >= 15 is 0 Å². The van der Waals surface area contributed by atoms with Crippen LogP contribution in [0.2, 0.25) is 5.02 Å². The molecular weight excluding hydrogens is 278 g/mol. The summed E-state index contributed by atoms with van der Waals surface area (Å²) in [6.07, 6.45) is 0. The number of hydrogen-bond acceptors (Lipinski definition) is 4. The number of hydrogen-bond donors (Lipinski definition) is 3. The molecule has 8 heteroatoms. The Morgan fingerprint density at radius 1 is 1.44 bits per heavy atom. The summed E-state index contributed by atoms with van der Waals surface area (Å²) in [4.78, 5) is 10.7. The Balaban J connectivity index is 3.18. The Hall–Kier alpha value is -1.31. The van der Waals surface area contributed by atoms with Crippen molar-refractivity contribution in [3.05, 3.63) is 22.7 Å². The zero-order valence-corrected chi connectivity index (χ0v) is 11.5. The van der Waals surface area contributed by atoms with Crippen molar-refractivity contribution < 1.29 is 13.2 Å². The number of nitrogens with one attached hydrogen (secondary N) is 1. The molecule has 0 saturated carbocycles. The summed E-state index contributed by atoms with van der Waals surface area (Å²) in [6, 6.07) is 1.52. The molecular formula is C10H14ClN3O3S. The summed E-state index contributed by atoms with van der Waals surface area (Å²) < 4.78 is 26.0. The van der Waals surface area contributed by atoms with E-state index in [4.69, 9.17) is 23.1 Å². The number of nitrogen functional groups attached to an aromatic ring is 1. The third kappa shape index (κ3) is 3.12. The van der Waals surface area contributed by atoms with Crippen LogP contribution in [0.3, 0.4) is 0 Å². The molecule has 0 saturated heterocycles. The molecule has 0 aliphatic carbocycles. The van der Waals surface area contributed by atoms with Crippen LogP contribution in [0.15, 0.2) is 17.0 Å². The Bertz CT molecular complexity index is 563. The minimum Gasteiger partial charge on any atom is -0.398 e. The number of rotatable bonds is 4. The maximum absolute atomic E-state index is 11.9. The predicted octanol–water partition coefficient (Wildman–Crippen LogP) is 0.383. The van der Waals surface area contributed by atoms with Crippen LogP contribution in [0.5, 0.6) is 0 Å². The van der Waals surface area contributed by atoms with E-state index < -0.39 is 22.0 Å². The molecule has 1 aromatic rings. The maximum atomic E-state index is 11.9. The van der Waals surface area contributed by atoms with E-state index in [1.165, 1.54) is 19.1 Å². The molecule has 0 aromatic heterocycles. The van der Waals surface area contributed by atoms with Gasteiger partial charge in [-0.2, -0.15) is 4.72 Å². The normalized spacial score (nSPS) is 13.3. The number of sulfonamides is 1. The molecule has 1 amide bonds. The lowest BCUT2D eigenvalue weighted by Crippen LogP contribution is -2.42. The summed E-state index contributed by atoms with van der Waals surface area (Å²) in [5.74, 6) is -0.773. The Morgan fingerprint density at radius 3 is 2.44 bits per heavy atom. The van der Waals surface area contributed by atoms with Crippen molar-refractivity contribution in [1.29, 1.82) is 0 Å². The first kappa shape index (κ1) is 14.7. The van der Waals surface area contributed by atoms with Gasteiger partial charge >= 0.3 is 0 Å². The van der Waals surface area contributed by atoms with Gasteiger partial charge in [0, 0.05) is 10.7 Å². The number of nitrogens with two attached hydrogens (primary N) is 2. The van der Waals surface area contributed by atoms with E-state index in [2.05, 4.69) is 4.72 Å². The van der Waals surface area contributed by atoms with Crippen LogP contribution < -0.4 is 16.2 Å². The zero-order chi connectivity index (χ0) is 14.1. The average molecular weight is 292 g/mol. The fraction of sp³-hybridized carbons (Fsp3) is 0.300. The lowest BCUT2D eigenvalue weighted by atomic mass is 10.2. The highest BCUT2D eigenvalue weighted by Crippen LogP contribution is 2.25. The second kappa shape index (κ2) is 5.13. The van der Waals surface area contributed by atoms with Gasteiger partial charge in [-0.05, 0) is 31.5 Å². The molecule has 100 valence electrons. The molecule has 0 heterocycles. The molecule has 1 aromatic carbocycles. The average Bonchev–Trinajstić information content (AvgIpc) is 2.24. The zero-order valence-electron chi connectivity index (χ0n) is 9.90. The summed E-state index contributed by atoms with van der Waals surface area (Å²) in [5, 5.41) is 0.238. The molecule has 5 N–H and O–H groups in total. The quantitative estimate of drug-likeness (QED) is 0.696. The predicted molar refractivity (Wildman–Crippen MR) is 69.6 cm³/mol. The molecule has 18 heavy (non-hydrogen) atoms. The molecule has 0 aliphatic heterocycles. The van der Waals surface area contributed by atoms with Crippen LogP contribution in [0.25, 0.3) is 0 Å². The number of amides is 1. The summed E-state index contributed by atoms with van der Waals surface area (Å²) in [5.41, 5.74) is 11.5. The van der Waals surface area contributed by atoms with Crippen molar-refractivity contribution in [3.8, 4) is 0 Å². The van der Waals surface area contributed by atoms with E-state index in [1.54, 1.807) is 6.92 Å². The first-order valence-electron chi connectivity index (χ1n) is 5.02. The van der Waals surface area contributed by atoms with E-state index in [0.717, 1.165) is 0 Å². The Morgan fingerprint density at radius 2 is 2.00 bits per heavy atom. The molecule has 1 atom stereocenters. The molecule has 0 aliphatic rings. The number of anilines is 1. The first-order valence-corrected chi connectivity index (χ1v) is 6.88. The molecule has 6 nitrogen and oxygen atoms in total. The van der Waals surface area contributed by atoms with Crippen LogP contribution in [0.1, 0.15) is 12.5 Å². The van der Waals surface area contributed by atoms with Crippen LogP contribution >= 0.6 is 11.6 Å². The van der Waals surface area contributed by atoms with Crippen molar-refractivity contribution in [2.24, 2.45) is 5.73 Å². The smallest absolute Gasteiger partial charge is 0.241 e. The van der Waals surface area contributed by atoms with Crippen molar-refractivity contribution in [2.45, 2.75) is 24.8 Å². The highest BCUT2D eigenvalue weighted by atomic mass is 35.5. The lowest BCUT2D eigenvalue weighted by molar-refractivity contribution is -0.119. The largest absolute Gasteiger partial charge is 0.398 e. The monoisotopic (exact) mass is 291 g/mol. The third-order valence-corrected chi connectivity index (χ3v) is 4.34. The van der Waals surface area contributed by atoms with E-state index in [9.17, 15) is 13.2 Å². The van der Waals surface area contributed by atoms with E-state index in [-0.39, 0.29) is 15.6 Å². The fourth-order valence-corrected chi connectivity index (χ4v) is 2.75. The second-order valence-electron chi connectivity index (χ2n) is 3.86. The molecule has 1 unspecified atom stereocenters. The number of carbonyl (C=O) groups is 1. The number of benzene rings is 1. The van der Waals surface area contributed by atoms with Crippen LogP contribution in [0.4, 0.5) is 5.69 Å². The van der Waals surface area contributed by atoms with Gasteiger partial charge in [-0.25, -0.2) is 8.42 Å². The first-order chi connectivity index (χ1) is 8.15. The second-order valence-corrected chi connectivity index (χ2v) is 5.99. The van der Waals surface area contributed by atoms with Gasteiger partial charge in [-0.3, -0.25) is 4.79 Å². The molecule has 0 bridgehead atoms. The fourth-order valence-electron chi connectivity index (χ4n) is 1.19. The van der Waals surface area contributed by atoms with Crippen LogP contribution in [0, 0.1) is 6.92 Å².